The summed E-state index contributed by atoms with van der Waals surface area (Å²) in [6.07, 6.45) is 2.52. The molecule has 2 fully saturated rings. The van der Waals surface area contributed by atoms with E-state index >= 15 is 0 Å². The molecule has 1 saturated carbocycles. The second kappa shape index (κ2) is 4.86. The minimum absolute atomic E-state index is 0.0252. The van der Waals surface area contributed by atoms with Gasteiger partial charge in [-0.15, -0.1) is 0 Å². The maximum absolute atomic E-state index is 14.0. The Morgan fingerprint density at radius 1 is 1.48 bits per heavy atom. The van der Waals surface area contributed by atoms with Crippen LogP contribution >= 0.6 is 0 Å². The van der Waals surface area contributed by atoms with Crippen LogP contribution in [0.1, 0.15) is 26.2 Å². The number of benzene rings is 1. The van der Waals surface area contributed by atoms with E-state index in [1.807, 2.05) is 0 Å². The molecule has 1 spiro atoms. The number of aliphatic carboxylic acids is 1. The first-order valence-corrected chi connectivity index (χ1v) is 7.08. The zero-order valence-electron chi connectivity index (χ0n) is 11.7. The average molecular weight is 297 g/mol. The molecule has 0 aromatic heterocycles. The lowest BCUT2D eigenvalue weighted by atomic mass is 10.0. The van der Waals surface area contributed by atoms with Gasteiger partial charge in [-0.05, 0) is 43.7 Å². The molecular weight excluding hydrogens is 280 g/mol. The van der Waals surface area contributed by atoms with Gasteiger partial charge in [0.05, 0.1) is 12.3 Å². The van der Waals surface area contributed by atoms with E-state index in [9.17, 15) is 18.7 Å². The molecule has 1 N–H and O–H groups in total. The van der Waals surface area contributed by atoms with E-state index in [1.54, 1.807) is 11.8 Å². The fourth-order valence-corrected chi connectivity index (χ4v) is 3.10. The molecule has 21 heavy (non-hydrogen) atoms. The molecule has 1 heterocycles. The molecule has 6 heteroatoms. The number of hydrogen-bond acceptors (Lipinski definition) is 3. The van der Waals surface area contributed by atoms with E-state index in [-0.39, 0.29) is 17.8 Å². The third kappa shape index (κ3) is 2.32. The molecule has 3 rings (SSSR count). The van der Waals surface area contributed by atoms with Gasteiger partial charge in [0.25, 0.3) is 0 Å². The molecule has 1 saturated heterocycles. The Kier molecular flexibility index (Phi) is 3.26. The molecule has 1 unspecified atom stereocenters. The fraction of sp³-hybridized carbons (Fsp3) is 0.533. The van der Waals surface area contributed by atoms with Gasteiger partial charge in [-0.3, -0.25) is 0 Å². The molecule has 4 nitrogen and oxygen atoms in total. The molecule has 1 aliphatic heterocycles. The number of carbonyl (C=O) groups is 1. The smallest absolute Gasteiger partial charge is 0.326 e. The number of anilines is 1. The number of halogens is 2. The lowest BCUT2D eigenvalue weighted by Gasteiger charge is -2.26. The van der Waals surface area contributed by atoms with Gasteiger partial charge in [0.2, 0.25) is 5.82 Å². The fourth-order valence-electron chi connectivity index (χ4n) is 3.10. The van der Waals surface area contributed by atoms with Crippen LogP contribution in [0.3, 0.4) is 0 Å². The predicted octanol–water partition coefficient (Wildman–Crippen LogP) is 2.81. The zero-order valence-corrected chi connectivity index (χ0v) is 11.7. The first-order chi connectivity index (χ1) is 9.97. The maximum Gasteiger partial charge on any atom is 0.326 e. The number of hydrogen-bond donors (Lipinski definition) is 1. The quantitative estimate of drug-likeness (QED) is 0.928. The van der Waals surface area contributed by atoms with Gasteiger partial charge in [0.1, 0.15) is 6.04 Å². The number of carboxylic acid groups (broad SMARTS) is 1. The van der Waals surface area contributed by atoms with Crippen LogP contribution in [0, 0.1) is 17.0 Å². The first kappa shape index (κ1) is 14.1. The van der Waals surface area contributed by atoms with Crippen molar-refractivity contribution in [1.82, 2.24) is 0 Å². The summed E-state index contributed by atoms with van der Waals surface area (Å²) in [5.41, 5.74) is 0.351. The van der Waals surface area contributed by atoms with Gasteiger partial charge in [-0.1, -0.05) is 0 Å². The molecule has 1 aromatic carbocycles. The second-order valence-corrected chi connectivity index (χ2v) is 5.83. The molecule has 1 aromatic rings. The van der Waals surface area contributed by atoms with Gasteiger partial charge in [-0.2, -0.15) is 4.39 Å². The number of nitrogens with zero attached hydrogens (tertiary/aromatic N) is 1. The van der Waals surface area contributed by atoms with Crippen LogP contribution in [0.15, 0.2) is 12.1 Å². The topological polar surface area (TPSA) is 49.8 Å². The zero-order chi connectivity index (χ0) is 15.2. The Morgan fingerprint density at radius 3 is 2.76 bits per heavy atom. The van der Waals surface area contributed by atoms with Crippen molar-refractivity contribution in [2.24, 2.45) is 5.41 Å². The minimum Gasteiger partial charge on any atom is -0.489 e. The molecule has 1 aliphatic carbocycles. The van der Waals surface area contributed by atoms with Crippen LogP contribution < -0.4 is 9.64 Å². The Bertz CT molecular complexity index is 587. The van der Waals surface area contributed by atoms with Crippen molar-refractivity contribution in [3.8, 4) is 5.75 Å². The summed E-state index contributed by atoms with van der Waals surface area (Å²) in [6, 6.07) is 1.71. The molecule has 2 aliphatic rings. The van der Waals surface area contributed by atoms with Crippen LogP contribution in [0.2, 0.25) is 0 Å². The summed E-state index contributed by atoms with van der Waals surface area (Å²) < 4.78 is 32.6. The van der Waals surface area contributed by atoms with Crippen molar-refractivity contribution in [3.63, 3.8) is 0 Å². The van der Waals surface area contributed by atoms with Crippen molar-refractivity contribution in [2.45, 2.75) is 32.2 Å². The highest BCUT2D eigenvalue weighted by Crippen LogP contribution is 2.56. The van der Waals surface area contributed by atoms with Gasteiger partial charge >= 0.3 is 5.97 Å². The Hall–Kier alpha value is -1.85. The molecule has 0 radical (unpaired) electrons. The SMILES string of the molecule is CCOc1c(N2CC3(CC3)CC2C(=O)O)ccc(F)c1F. The molecule has 0 amide bonds. The van der Waals surface area contributed by atoms with Gasteiger partial charge < -0.3 is 14.7 Å². The first-order valence-electron chi connectivity index (χ1n) is 7.08. The second-order valence-electron chi connectivity index (χ2n) is 5.83. The van der Waals surface area contributed by atoms with E-state index in [2.05, 4.69) is 0 Å². The normalized spacial score (nSPS) is 22.6. The molecule has 0 bridgehead atoms. The van der Waals surface area contributed by atoms with Crippen molar-refractivity contribution in [2.75, 3.05) is 18.1 Å². The summed E-state index contributed by atoms with van der Waals surface area (Å²) in [5, 5.41) is 9.40. The van der Waals surface area contributed by atoms with Crippen molar-refractivity contribution >= 4 is 11.7 Å². The Labute approximate surface area is 121 Å². The predicted molar refractivity (Wildman–Crippen MR) is 72.6 cm³/mol. The van der Waals surface area contributed by atoms with Crippen LogP contribution in [-0.4, -0.2) is 30.3 Å². The molecule has 1 atom stereocenters. The molecular formula is C15H17F2NO3. The third-order valence-corrected chi connectivity index (χ3v) is 4.38. The summed E-state index contributed by atoms with van der Waals surface area (Å²) in [4.78, 5) is 13.1. The summed E-state index contributed by atoms with van der Waals surface area (Å²) >= 11 is 0. The number of carboxylic acids is 1. The number of rotatable bonds is 4. The maximum atomic E-state index is 14.0. The average Bonchev–Trinajstić information content (AvgIpc) is 3.07. The number of ether oxygens (including phenoxy) is 1. The monoisotopic (exact) mass is 297 g/mol. The van der Waals surface area contributed by atoms with Crippen LogP contribution in [0.5, 0.6) is 5.75 Å². The molecule has 114 valence electrons. The largest absolute Gasteiger partial charge is 0.489 e. The summed E-state index contributed by atoms with van der Waals surface area (Å²) in [5.74, 6) is -3.18. The van der Waals surface area contributed by atoms with Crippen molar-refractivity contribution in [3.05, 3.63) is 23.8 Å². The highest BCUT2D eigenvalue weighted by Gasteiger charge is 2.54. The third-order valence-electron chi connectivity index (χ3n) is 4.38. The lowest BCUT2D eigenvalue weighted by Crippen LogP contribution is -2.36. The van der Waals surface area contributed by atoms with Gasteiger partial charge in [-0.25, -0.2) is 9.18 Å². The van der Waals surface area contributed by atoms with Crippen LogP contribution in [0.25, 0.3) is 0 Å². The highest BCUT2D eigenvalue weighted by atomic mass is 19.2. The van der Waals surface area contributed by atoms with E-state index in [0.717, 1.165) is 18.9 Å². The van der Waals surface area contributed by atoms with Gasteiger partial charge in [0, 0.05) is 6.54 Å². The summed E-state index contributed by atoms with van der Waals surface area (Å²) in [6.45, 7) is 2.41. The van der Waals surface area contributed by atoms with Crippen LogP contribution in [-0.2, 0) is 4.79 Å². The standard InChI is InChI=1S/C15H17F2NO3/c1-2-21-13-10(4-3-9(16)12(13)17)18-8-15(5-6-15)7-11(18)14(19)20/h3-4,11H,2,5-8H2,1H3,(H,19,20). The minimum atomic E-state index is -1.06. The van der Waals surface area contributed by atoms with E-state index in [1.165, 1.54) is 6.07 Å². The van der Waals surface area contributed by atoms with Crippen molar-refractivity contribution < 1.29 is 23.4 Å². The van der Waals surface area contributed by atoms with Crippen LogP contribution in [0.4, 0.5) is 14.5 Å². The summed E-state index contributed by atoms with van der Waals surface area (Å²) in [7, 11) is 0. The Balaban J connectivity index is 2.02. The van der Waals surface area contributed by atoms with Gasteiger partial charge in [0.15, 0.2) is 11.6 Å². The van der Waals surface area contributed by atoms with E-state index in [4.69, 9.17) is 4.74 Å². The Morgan fingerprint density at radius 2 is 2.19 bits per heavy atom. The van der Waals surface area contributed by atoms with Crippen molar-refractivity contribution in [1.29, 1.82) is 0 Å². The van der Waals surface area contributed by atoms with E-state index in [0.29, 0.717) is 18.7 Å². The lowest BCUT2D eigenvalue weighted by molar-refractivity contribution is -0.138. The van der Waals surface area contributed by atoms with E-state index < -0.39 is 23.6 Å². The highest BCUT2D eigenvalue weighted by molar-refractivity contribution is 5.81.